The number of nitrogens with zero attached hydrogens (tertiary/aromatic N) is 4. The van der Waals surface area contributed by atoms with Crippen LogP contribution in [0.15, 0.2) is 116 Å². The number of aromatic nitrogens is 4. The Morgan fingerprint density at radius 3 is 2.06 bits per heavy atom. The number of amides is 1. The quantitative estimate of drug-likeness (QED) is 0.108. The molecule has 2 aromatic heterocycles. The molecule has 51 heavy (non-hydrogen) atoms. The van der Waals surface area contributed by atoms with Crippen LogP contribution in [0.5, 0.6) is 0 Å². The molecule has 1 aliphatic heterocycles. The Morgan fingerprint density at radius 2 is 1.45 bits per heavy atom. The van der Waals surface area contributed by atoms with Gasteiger partial charge in [0.25, 0.3) is 5.91 Å². The zero-order valence-corrected chi connectivity index (χ0v) is 28.6. The largest absolute Gasteiger partial charge is 0.449 e. The summed E-state index contributed by atoms with van der Waals surface area (Å²) in [7, 11) is -3.86. The Morgan fingerprint density at radius 1 is 0.863 bits per heavy atom. The lowest BCUT2D eigenvalue weighted by Gasteiger charge is -2.32. The minimum atomic E-state index is -3.86. The van der Waals surface area contributed by atoms with Gasteiger partial charge in [-0.3, -0.25) is 13.9 Å². The average molecular weight is 712 g/mol. The Hall–Kier alpha value is -5.53. The number of esters is 2. The van der Waals surface area contributed by atoms with Crippen LogP contribution in [0.1, 0.15) is 51.1 Å². The third kappa shape index (κ3) is 7.79. The molecule has 14 nitrogen and oxygen atoms in total. The van der Waals surface area contributed by atoms with Gasteiger partial charge in [0.05, 0.1) is 37.3 Å². The van der Waals surface area contributed by atoms with Crippen LogP contribution in [0.3, 0.4) is 0 Å². The second-order valence-electron chi connectivity index (χ2n) is 11.2. The van der Waals surface area contributed by atoms with E-state index in [0.717, 1.165) is 0 Å². The monoisotopic (exact) mass is 711 g/mol. The lowest BCUT2D eigenvalue weighted by molar-refractivity contribution is -0.0671. The molecule has 0 unspecified atom stereocenters. The first-order chi connectivity index (χ1) is 24.8. The number of nitrogens with one attached hydrogen (secondary N) is 1. The summed E-state index contributed by atoms with van der Waals surface area (Å²) in [4.78, 5) is 53.5. The Labute approximate surface area is 292 Å². The second kappa shape index (κ2) is 15.6. The maximum Gasteiger partial charge on any atom is 0.353 e. The van der Waals surface area contributed by atoms with Crippen LogP contribution in [0.4, 0.5) is 5.82 Å². The molecule has 0 radical (unpaired) electrons. The van der Waals surface area contributed by atoms with Crippen LogP contribution in [0.25, 0.3) is 11.2 Å². The molecule has 3 atom stereocenters. The van der Waals surface area contributed by atoms with Crippen molar-refractivity contribution in [2.75, 3.05) is 25.1 Å². The molecule has 0 bridgehead atoms. The van der Waals surface area contributed by atoms with E-state index in [4.69, 9.17) is 23.3 Å². The number of imidazole rings is 1. The van der Waals surface area contributed by atoms with Crippen molar-refractivity contribution in [1.82, 2.24) is 19.5 Å². The molecule has 0 spiro atoms. The van der Waals surface area contributed by atoms with Crippen LogP contribution in [0.2, 0.25) is 0 Å². The molecule has 0 aliphatic carbocycles. The molecular formula is C36H34N5O9P. The van der Waals surface area contributed by atoms with Gasteiger partial charge >= 0.3 is 19.5 Å². The van der Waals surface area contributed by atoms with Crippen LogP contribution in [-0.4, -0.2) is 68.9 Å². The molecule has 6 rings (SSSR count). The van der Waals surface area contributed by atoms with Crippen molar-refractivity contribution in [2.45, 2.75) is 31.8 Å². The first-order valence-electron chi connectivity index (χ1n) is 16.0. The Bertz CT molecular complexity index is 2070. The van der Waals surface area contributed by atoms with E-state index in [9.17, 15) is 18.9 Å². The van der Waals surface area contributed by atoms with Gasteiger partial charge in [-0.15, -0.1) is 0 Å². The molecule has 3 heterocycles. The SMILES string of the molecule is CCOP(=O)(/C=C/[C@@]1(OC(=O)c2ccccc2)CO[C@@H](n2cnc3c(NC(=O)c4ccccc4)ncnc32)[C@@H]1OC(=O)c1ccccc1)OCC. The number of carbonyl (C=O) groups is 3. The number of rotatable bonds is 13. The molecule has 15 heteroatoms. The fourth-order valence-corrected chi connectivity index (χ4v) is 6.84. The fourth-order valence-electron chi connectivity index (χ4n) is 5.44. The van der Waals surface area contributed by atoms with Gasteiger partial charge in [0.15, 0.2) is 34.9 Å². The summed E-state index contributed by atoms with van der Waals surface area (Å²) in [5, 5.41) is 2.76. The van der Waals surface area contributed by atoms with E-state index in [-0.39, 0.29) is 47.9 Å². The van der Waals surface area contributed by atoms with Gasteiger partial charge in [-0.05, 0) is 56.3 Å². The van der Waals surface area contributed by atoms with Crippen molar-refractivity contribution in [3.8, 4) is 0 Å². The highest BCUT2D eigenvalue weighted by atomic mass is 31.2. The van der Waals surface area contributed by atoms with Gasteiger partial charge in [-0.2, -0.15) is 0 Å². The molecule has 1 aliphatic rings. The van der Waals surface area contributed by atoms with Crippen molar-refractivity contribution in [1.29, 1.82) is 0 Å². The van der Waals surface area contributed by atoms with Crippen LogP contribution in [-0.2, 0) is 27.8 Å². The van der Waals surface area contributed by atoms with Gasteiger partial charge in [-0.25, -0.2) is 24.5 Å². The van der Waals surface area contributed by atoms with Crippen LogP contribution in [0, 0.1) is 0 Å². The Kier molecular flexibility index (Phi) is 10.8. The predicted molar refractivity (Wildman–Crippen MR) is 185 cm³/mol. The molecular weight excluding hydrogens is 677 g/mol. The summed E-state index contributed by atoms with van der Waals surface area (Å²) in [6.07, 6.45) is 1.32. The summed E-state index contributed by atoms with van der Waals surface area (Å²) in [6, 6.07) is 25.0. The summed E-state index contributed by atoms with van der Waals surface area (Å²) in [5.41, 5.74) is -0.621. The number of anilines is 1. The number of hydrogen-bond donors (Lipinski definition) is 1. The highest BCUT2D eigenvalue weighted by Crippen LogP contribution is 2.51. The van der Waals surface area contributed by atoms with E-state index >= 15 is 0 Å². The van der Waals surface area contributed by atoms with E-state index < -0.39 is 43.4 Å². The smallest absolute Gasteiger partial charge is 0.353 e. The van der Waals surface area contributed by atoms with Crippen molar-refractivity contribution in [3.63, 3.8) is 0 Å². The Balaban J connectivity index is 1.44. The van der Waals surface area contributed by atoms with E-state index in [1.807, 2.05) is 0 Å². The maximum atomic E-state index is 13.7. The lowest BCUT2D eigenvalue weighted by Crippen LogP contribution is -2.47. The number of carbonyl (C=O) groups excluding carboxylic acids is 3. The molecule has 5 aromatic rings. The van der Waals surface area contributed by atoms with Gasteiger partial charge in [0.1, 0.15) is 6.33 Å². The lowest BCUT2D eigenvalue weighted by atomic mass is 9.97. The van der Waals surface area contributed by atoms with Crippen LogP contribution >= 0.6 is 7.60 Å². The molecule has 1 saturated heterocycles. The highest BCUT2D eigenvalue weighted by Gasteiger charge is 2.56. The predicted octanol–water partition coefficient (Wildman–Crippen LogP) is 6.21. The van der Waals surface area contributed by atoms with Crippen LogP contribution < -0.4 is 5.32 Å². The third-order valence-electron chi connectivity index (χ3n) is 7.81. The second-order valence-corrected chi connectivity index (χ2v) is 13.1. The summed E-state index contributed by atoms with van der Waals surface area (Å²) in [5.74, 6) is -0.631. The van der Waals surface area contributed by atoms with Crippen molar-refractivity contribution in [3.05, 3.63) is 132 Å². The summed E-state index contributed by atoms with van der Waals surface area (Å²) >= 11 is 0. The average Bonchev–Trinajstić information content (AvgIpc) is 3.74. The molecule has 262 valence electrons. The number of hydrogen-bond acceptors (Lipinski definition) is 12. The molecule has 1 amide bonds. The van der Waals surface area contributed by atoms with Gasteiger partial charge in [-0.1, -0.05) is 54.6 Å². The minimum absolute atomic E-state index is 0.0633. The van der Waals surface area contributed by atoms with Crippen molar-refractivity contribution < 1.29 is 42.2 Å². The third-order valence-corrected chi connectivity index (χ3v) is 9.56. The number of benzene rings is 3. The zero-order valence-electron chi connectivity index (χ0n) is 27.7. The molecule has 3 aromatic carbocycles. The zero-order chi connectivity index (χ0) is 35.8. The summed E-state index contributed by atoms with van der Waals surface area (Å²) in [6.45, 7) is 3.08. The van der Waals surface area contributed by atoms with E-state index in [1.54, 1.807) is 105 Å². The molecule has 1 fully saturated rings. The summed E-state index contributed by atoms with van der Waals surface area (Å²) < 4.78 is 44.7. The van der Waals surface area contributed by atoms with Gasteiger partial charge < -0.3 is 28.6 Å². The fraction of sp³-hybridized carbons (Fsp3) is 0.222. The molecule has 1 N–H and O–H groups in total. The topological polar surface area (TPSA) is 170 Å². The first-order valence-corrected chi connectivity index (χ1v) is 17.7. The van der Waals surface area contributed by atoms with E-state index in [2.05, 4.69) is 20.3 Å². The minimum Gasteiger partial charge on any atom is -0.449 e. The van der Waals surface area contributed by atoms with Crippen molar-refractivity contribution >= 4 is 42.4 Å². The number of fused-ring (bicyclic) bond motifs is 1. The highest BCUT2D eigenvalue weighted by molar-refractivity contribution is 7.57. The van der Waals surface area contributed by atoms with E-state index in [1.165, 1.54) is 29.1 Å². The van der Waals surface area contributed by atoms with Gasteiger partial charge in [0, 0.05) is 11.4 Å². The number of ether oxygens (including phenoxy) is 3. The van der Waals surface area contributed by atoms with E-state index in [0.29, 0.717) is 5.56 Å². The normalized spacial score (nSPS) is 18.9. The van der Waals surface area contributed by atoms with Gasteiger partial charge in [0.2, 0.25) is 0 Å². The first kappa shape index (κ1) is 35.3. The molecule has 0 saturated carbocycles. The standard InChI is InChI=1S/C36H34N5O9P/c1-3-47-51(45,48-4-2)21-20-36(50-35(44)27-18-12-7-13-19-27)22-46-33(29(36)49-34(43)26-16-10-6-11-17-26)41-24-39-28-30(37-23-38-31(28)41)40-32(42)25-14-8-5-9-15-25/h5-21,23-24,29,33H,3-4,22H2,1-2H3,(H,37,38,40,42)/b21-20+/t29-,33+,36+/m0/s1. The maximum absolute atomic E-state index is 13.7. The van der Waals surface area contributed by atoms with Crippen molar-refractivity contribution in [2.24, 2.45) is 0 Å².